The van der Waals surface area contributed by atoms with E-state index >= 15 is 0 Å². The summed E-state index contributed by atoms with van der Waals surface area (Å²) in [7, 11) is 0. The topological polar surface area (TPSA) is 52.7 Å². The van der Waals surface area contributed by atoms with Crippen molar-refractivity contribution in [2.45, 2.75) is 44.2 Å². The van der Waals surface area contributed by atoms with Crippen LogP contribution in [0, 0.1) is 5.92 Å². The van der Waals surface area contributed by atoms with Crippen LogP contribution < -0.4 is 5.32 Å². The summed E-state index contributed by atoms with van der Waals surface area (Å²) in [6.45, 7) is 3.25. The van der Waals surface area contributed by atoms with E-state index in [0.717, 1.165) is 57.3 Å². The molecule has 0 radical (unpaired) electrons. The summed E-state index contributed by atoms with van der Waals surface area (Å²) in [5.41, 5.74) is 0.717. The van der Waals surface area contributed by atoms with E-state index in [1.165, 1.54) is 0 Å². The molecule has 2 bridgehead atoms. The molecule has 0 saturated carbocycles. The number of hydrogen-bond donors (Lipinski definition) is 1. The highest BCUT2D eigenvalue weighted by Gasteiger charge is 2.41. The molecule has 0 aromatic heterocycles. The summed E-state index contributed by atoms with van der Waals surface area (Å²) in [6.07, 6.45) is 5.12. The van der Waals surface area contributed by atoms with Crippen molar-refractivity contribution in [3.05, 3.63) is 35.9 Å². The second-order valence-corrected chi connectivity index (χ2v) is 7.58. The molecule has 3 heterocycles. The van der Waals surface area contributed by atoms with E-state index < -0.39 is 0 Å². The van der Waals surface area contributed by atoms with Crippen molar-refractivity contribution in [2.75, 3.05) is 26.2 Å². The molecule has 3 fully saturated rings. The SMILES string of the molecule is O=C(c1ccccc1)N1CCCC(C(=O)N2C3CCNCC2CC3)C1. The molecule has 3 atom stereocenters. The number of likely N-dealkylation sites (tertiary alicyclic amines) is 1. The average Bonchev–Trinajstić information content (AvgIpc) is 2.94. The summed E-state index contributed by atoms with van der Waals surface area (Å²) in [5.74, 6) is 0.294. The van der Waals surface area contributed by atoms with Crippen LogP contribution in [-0.4, -0.2) is 59.9 Å². The fourth-order valence-electron chi connectivity index (χ4n) is 4.68. The molecule has 0 aliphatic carbocycles. The number of amides is 2. The largest absolute Gasteiger partial charge is 0.338 e. The van der Waals surface area contributed by atoms with Crippen molar-refractivity contribution in [1.82, 2.24) is 15.1 Å². The molecule has 3 aliphatic rings. The highest BCUT2D eigenvalue weighted by Crippen LogP contribution is 2.31. The third-order valence-electron chi connectivity index (χ3n) is 5.99. The van der Waals surface area contributed by atoms with Crippen LogP contribution in [0.2, 0.25) is 0 Å². The maximum absolute atomic E-state index is 13.2. The zero-order valence-electron chi connectivity index (χ0n) is 14.7. The van der Waals surface area contributed by atoms with Crippen LogP contribution in [0.25, 0.3) is 0 Å². The number of nitrogens with one attached hydrogen (secondary N) is 1. The lowest BCUT2D eigenvalue weighted by atomic mass is 9.95. The lowest BCUT2D eigenvalue weighted by molar-refractivity contribution is -0.139. The van der Waals surface area contributed by atoms with Gasteiger partial charge >= 0.3 is 0 Å². The summed E-state index contributed by atoms with van der Waals surface area (Å²) < 4.78 is 0. The minimum atomic E-state index is -0.0392. The van der Waals surface area contributed by atoms with Gasteiger partial charge in [-0.15, -0.1) is 0 Å². The fraction of sp³-hybridized carbons (Fsp3) is 0.600. The maximum Gasteiger partial charge on any atom is 0.253 e. The molecule has 1 aromatic carbocycles. The molecule has 0 spiro atoms. The monoisotopic (exact) mass is 341 g/mol. The van der Waals surface area contributed by atoms with Crippen molar-refractivity contribution in [1.29, 1.82) is 0 Å². The van der Waals surface area contributed by atoms with E-state index in [1.54, 1.807) is 0 Å². The Morgan fingerprint density at radius 2 is 1.80 bits per heavy atom. The zero-order valence-corrected chi connectivity index (χ0v) is 14.7. The lowest BCUT2D eigenvalue weighted by Gasteiger charge is -2.37. The number of piperidine rings is 1. The first kappa shape index (κ1) is 16.6. The summed E-state index contributed by atoms with van der Waals surface area (Å²) in [4.78, 5) is 30.0. The van der Waals surface area contributed by atoms with Crippen molar-refractivity contribution in [3.8, 4) is 0 Å². The van der Waals surface area contributed by atoms with Crippen molar-refractivity contribution in [2.24, 2.45) is 5.92 Å². The Hall–Kier alpha value is -1.88. The van der Waals surface area contributed by atoms with Crippen LogP contribution in [0.1, 0.15) is 42.5 Å². The smallest absolute Gasteiger partial charge is 0.253 e. The van der Waals surface area contributed by atoms with Gasteiger partial charge in [0.25, 0.3) is 5.91 Å². The van der Waals surface area contributed by atoms with Gasteiger partial charge in [0.05, 0.1) is 5.92 Å². The number of rotatable bonds is 2. The zero-order chi connectivity index (χ0) is 17.2. The van der Waals surface area contributed by atoms with E-state index in [9.17, 15) is 9.59 Å². The fourth-order valence-corrected chi connectivity index (χ4v) is 4.68. The number of benzene rings is 1. The molecule has 1 aromatic rings. The Kier molecular flexibility index (Phi) is 4.75. The number of carbonyl (C=O) groups is 2. The van der Waals surface area contributed by atoms with E-state index in [2.05, 4.69) is 10.2 Å². The number of hydrogen-bond acceptors (Lipinski definition) is 3. The van der Waals surface area contributed by atoms with Gasteiger partial charge in [0.1, 0.15) is 0 Å². The van der Waals surface area contributed by atoms with Gasteiger partial charge in [0, 0.05) is 37.3 Å². The van der Waals surface area contributed by atoms with Crippen LogP contribution in [0.15, 0.2) is 30.3 Å². The van der Waals surface area contributed by atoms with Crippen molar-refractivity contribution < 1.29 is 9.59 Å². The van der Waals surface area contributed by atoms with Crippen LogP contribution in [0.3, 0.4) is 0 Å². The maximum atomic E-state index is 13.2. The summed E-state index contributed by atoms with van der Waals surface area (Å²) in [6, 6.07) is 10.2. The Morgan fingerprint density at radius 3 is 2.64 bits per heavy atom. The predicted molar refractivity (Wildman–Crippen MR) is 96.2 cm³/mol. The number of fused-ring (bicyclic) bond motifs is 2. The molecule has 3 saturated heterocycles. The first-order valence-corrected chi connectivity index (χ1v) is 9.61. The van der Waals surface area contributed by atoms with Crippen LogP contribution in [0.5, 0.6) is 0 Å². The van der Waals surface area contributed by atoms with Crippen LogP contribution in [0.4, 0.5) is 0 Å². The molecule has 3 unspecified atom stereocenters. The Morgan fingerprint density at radius 1 is 1.00 bits per heavy atom. The van der Waals surface area contributed by atoms with Gasteiger partial charge in [-0.3, -0.25) is 9.59 Å². The van der Waals surface area contributed by atoms with Gasteiger partial charge in [0.15, 0.2) is 0 Å². The van der Waals surface area contributed by atoms with Crippen molar-refractivity contribution >= 4 is 11.8 Å². The van der Waals surface area contributed by atoms with Gasteiger partial charge < -0.3 is 15.1 Å². The van der Waals surface area contributed by atoms with Gasteiger partial charge in [0.2, 0.25) is 5.91 Å². The van der Waals surface area contributed by atoms with E-state index in [-0.39, 0.29) is 17.7 Å². The standard InChI is InChI=1S/C20H27N3O2/c24-19(15-5-2-1-3-6-15)22-12-4-7-16(14-22)20(25)23-17-8-9-18(23)13-21-11-10-17/h1-3,5-6,16-18,21H,4,7-14H2. The minimum Gasteiger partial charge on any atom is -0.338 e. The lowest BCUT2D eigenvalue weighted by Crippen LogP contribution is -2.50. The quantitative estimate of drug-likeness (QED) is 0.894. The first-order valence-electron chi connectivity index (χ1n) is 9.61. The number of carbonyl (C=O) groups excluding carboxylic acids is 2. The molecule has 4 rings (SSSR count). The Bertz CT molecular complexity index is 619. The molecular weight excluding hydrogens is 314 g/mol. The molecular formula is C20H27N3O2. The van der Waals surface area contributed by atoms with E-state index in [4.69, 9.17) is 0 Å². The predicted octanol–water partition coefficient (Wildman–Crippen LogP) is 1.89. The second kappa shape index (κ2) is 7.16. The highest BCUT2D eigenvalue weighted by atomic mass is 16.2. The van der Waals surface area contributed by atoms with Gasteiger partial charge in [-0.25, -0.2) is 0 Å². The van der Waals surface area contributed by atoms with E-state index in [1.807, 2.05) is 35.2 Å². The molecule has 25 heavy (non-hydrogen) atoms. The van der Waals surface area contributed by atoms with Crippen molar-refractivity contribution in [3.63, 3.8) is 0 Å². The van der Waals surface area contributed by atoms with Gasteiger partial charge in [-0.05, 0) is 50.8 Å². The van der Waals surface area contributed by atoms with Gasteiger partial charge in [-0.2, -0.15) is 0 Å². The molecule has 2 amide bonds. The van der Waals surface area contributed by atoms with Gasteiger partial charge in [-0.1, -0.05) is 18.2 Å². The normalized spacial score (nSPS) is 29.4. The number of nitrogens with zero attached hydrogens (tertiary/aromatic N) is 2. The van der Waals surface area contributed by atoms with E-state index in [0.29, 0.717) is 18.6 Å². The average molecular weight is 341 g/mol. The molecule has 3 aliphatic heterocycles. The first-order chi connectivity index (χ1) is 12.2. The Labute approximate surface area is 149 Å². The third kappa shape index (κ3) is 3.30. The van der Waals surface area contributed by atoms with Crippen LogP contribution in [-0.2, 0) is 4.79 Å². The molecule has 5 heteroatoms. The van der Waals surface area contributed by atoms with Crippen LogP contribution >= 0.6 is 0 Å². The highest BCUT2D eigenvalue weighted by molar-refractivity contribution is 5.94. The summed E-state index contributed by atoms with van der Waals surface area (Å²) >= 11 is 0. The second-order valence-electron chi connectivity index (χ2n) is 7.58. The molecule has 5 nitrogen and oxygen atoms in total. The summed E-state index contributed by atoms with van der Waals surface area (Å²) in [5, 5.41) is 3.46. The molecule has 134 valence electrons. The minimum absolute atomic E-state index is 0.0392. The Balaban J connectivity index is 1.46. The third-order valence-corrected chi connectivity index (χ3v) is 5.99. The molecule has 1 N–H and O–H groups in total.